The minimum absolute atomic E-state index is 0.133. The fourth-order valence-corrected chi connectivity index (χ4v) is 2.06. The summed E-state index contributed by atoms with van der Waals surface area (Å²) in [6.07, 6.45) is 6.63. The Hall–Kier alpha value is -2.01. The molecule has 0 fully saturated rings. The van der Waals surface area contributed by atoms with Gasteiger partial charge in [0.25, 0.3) is 0 Å². The van der Waals surface area contributed by atoms with Gasteiger partial charge in [0, 0.05) is 29.5 Å². The number of nitrogens with one attached hydrogen (secondary N) is 1. The molecule has 0 spiro atoms. The van der Waals surface area contributed by atoms with E-state index in [4.69, 9.17) is 0 Å². The zero-order valence-electron chi connectivity index (χ0n) is 9.96. The molecule has 0 saturated heterocycles. The topological polar surface area (TPSA) is 54.9 Å². The van der Waals surface area contributed by atoms with E-state index in [-0.39, 0.29) is 5.91 Å². The molecule has 0 unspecified atom stereocenters. The van der Waals surface area contributed by atoms with Crippen molar-refractivity contribution in [2.75, 3.05) is 0 Å². The molecule has 0 aliphatic carbocycles. The summed E-state index contributed by atoms with van der Waals surface area (Å²) >= 11 is 1.55. The van der Waals surface area contributed by atoms with Gasteiger partial charge in [-0.3, -0.25) is 9.78 Å². The second-order valence-corrected chi connectivity index (χ2v) is 4.66. The third-order valence-electron chi connectivity index (χ3n) is 2.19. The van der Waals surface area contributed by atoms with Gasteiger partial charge in [0.1, 0.15) is 5.01 Å². The number of hydrogen-bond donors (Lipinski definition) is 1. The third kappa shape index (κ3) is 3.78. The molecule has 1 N–H and O–H groups in total. The number of nitrogens with zero attached hydrogens (tertiary/aromatic N) is 2. The molecule has 0 aromatic carbocycles. The zero-order chi connectivity index (χ0) is 12.8. The molecular formula is C13H13N3OS. The van der Waals surface area contributed by atoms with E-state index in [1.165, 1.54) is 6.08 Å². The van der Waals surface area contributed by atoms with Crippen LogP contribution in [0.25, 0.3) is 6.08 Å². The highest BCUT2D eigenvalue weighted by atomic mass is 32.1. The van der Waals surface area contributed by atoms with Crippen molar-refractivity contribution < 1.29 is 4.79 Å². The Morgan fingerprint density at radius 3 is 3.11 bits per heavy atom. The molecule has 2 aromatic rings. The summed E-state index contributed by atoms with van der Waals surface area (Å²) in [6, 6.07) is 3.72. The number of amides is 1. The smallest absolute Gasteiger partial charge is 0.244 e. The van der Waals surface area contributed by atoms with Crippen LogP contribution in [0.1, 0.15) is 16.3 Å². The first-order valence-electron chi connectivity index (χ1n) is 5.51. The van der Waals surface area contributed by atoms with E-state index in [1.807, 2.05) is 24.4 Å². The summed E-state index contributed by atoms with van der Waals surface area (Å²) < 4.78 is 0. The van der Waals surface area contributed by atoms with Gasteiger partial charge in [0.05, 0.1) is 6.54 Å². The van der Waals surface area contributed by atoms with Crippen LogP contribution in [0.3, 0.4) is 0 Å². The van der Waals surface area contributed by atoms with E-state index < -0.39 is 0 Å². The van der Waals surface area contributed by atoms with Crippen molar-refractivity contribution in [2.45, 2.75) is 13.5 Å². The Balaban J connectivity index is 1.84. The van der Waals surface area contributed by atoms with Gasteiger partial charge in [0.2, 0.25) is 5.91 Å². The van der Waals surface area contributed by atoms with Gasteiger partial charge in [-0.25, -0.2) is 4.98 Å². The Bertz CT molecular complexity index is 548. The average molecular weight is 259 g/mol. The van der Waals surface area contributed by atoms with E-state index >= 15 is 0 Å². The van der Waals surface area contributed by atoms with Crippen molar-refractivity contribution in [3.8, 4) is 0 Å². The van der Waals surface area contributed by atoms with Crippen molar-refractivity contribution in [3.63, 3.8) is 0 Å². The lowest BCUT2D eigenvalue weighted by Crippen LogP contribution is -2.20. The predicted molar refractivity (Wildman–Crippen MR) is 72.0 cm³/mol. The minimum atomic E-state index is -0.133. The maximum atomic E-state index is 11.6. The molecule has 4 nitrogen and oxygen atoms in total. The molecule has 18 heavy (non-hydrogen) atoms. The first-order chi connectivity index (χ1) is 8.74. The number of carbonyl (C=O) groups excluding carboxylic acids is 1. The fraction of sp³-hybridized carbons (Fsp3) is 0.154. The molecule has 2 rings (SSSR count). The molecular weight excluding hydrogens is 246 g/mol. The summed E-state index contributed by atoms with van der Waals surface area (Å²) in [5.41, 5.74) is 1.88. The summed E-state index contributed by atoms with van der Waals surface area (Å²) in [6.45, 7) is 2.40. The highest BCUT2D eigenvalue weighted by Crippen LogP contribution is 2.07. The maximum absolute atomic E-state index is 11.6. The summed E-state index contributed by atoms with van der Waals surface area (Å²) in [4.78, 5) is 19.8. The van der Waals surface area contributed by atoms with Crippen LogP contribution in [-0.2, 0) is 11.3 Å². The van der Waals surface area contributed by atoms with Crippen LogP contribution in [-0.4, -0.2) is 15.9 Å². The SMILES string of the molecule is Cc1csc(CNC(=O)/C=C/c2cccnc2)n1. The molecule has 5 heteroatoms. The van der Waals surface area contributed by atoms with Gasteiger partial charge < -0.3 is 5.32 Å². The van der Waals surface area contributed by atoms with E-state index in [2.05, 4.69) is 15.3 Å². The van der Waals surface area contributed by atoms with Gasteiger partial charge in [0.15, 0.2) is 0 Å². The molecule has 92 valence electrons. The number of pyridine rings is 1. The van der Waals surface area contributed by atoms with Crippen molar-refractivity contribution >= 4 is 23.3 Å². The summed E-state index contributed by atoms with van der Waals surface area (Å²) in [5, 5.41) is 5.66. The second-order valence-electron chi connectivity index (χ2n) is 3.72. The number of thiazole rings is 1. The van der Waals surface area contributed by atoms with Gasteiger partial charge in [-0.05, 0) is 24.6 Å². The van der Waals surface area contributed by atoms with Crippen molar-refractivity contribution in [1.82, 2.24) is 15.3 Å². The average Bonchev–Trinajstić information content (AvgIpc) is 2.81. The molecule has 2 aromatic heterocycles. The summed E-state index contributed by atoms with van der Waals surface area (Å²) in [5.74, 6) is -0.133. The molecule has 0 aliphatic heterocycles. The summed E-state index contributed by atoms with van der Waals surface area (Å²) in [7, 11) is 0. The first-order valence-corrected chi connectivity index (χ1v) is 6.39. The maximum Gasteiger partial charge on any atom is 0.244 e. The predicted octanol–water partition coefficient (Wildman–Crippen LogP) is 2.18. The Morgan fingerprint density at radius 2 is 2.44 bits per heavy atom. The normalized spacial score (nSPS) is 10.7. The lowest BCUT2D eigenvalue weighted by Gasteiger charge is -1.98. The first kappa shape index (κ1) is 12.4. The number of aryl methyl sites for hydroxylation is 1. The van der Waals surface area contributed by atoms with Gasteiger partial charge in [-0.15, -0.1) is 11.3 Å². The zero-order valence-corrected chi connectivity index (χ0v) is 10.8. The quantitative estimate of drug-likeness (QED) is 0.856. The second kappa shape index (κ2) is 6.07. The third-order valence-corrected chi connectivity index (χ3v) is 3.16. The monoisotopic (exact) mass is 259 g/mol. The van der Waals surface area contributed by atoms with Crippen molar-refractivity contribution in [3.05, 3.63) is 52.2 Å². The lowest BCUT2D eigenvalue weighted by atomic mass is 10.2. The van der Waals surface area contributed by atoms with Crippen LogP contribution < -0.4 is 5.32 Å². The largest absolute Gasteiger partial charge is 0.346 e. The van der Waals surface area contributed by atoms with Crippen LogP contribution >= 0.6 is 11.3 Å². The Morgan fingerprint density at radius 1 is 1.56 bits per heavy atom. The van der Waals surface area contributed by atoms with Crippen LogP contribution in [0.5, 0.6) is 0 Å². The van der Waals surface area contributed by atoms with Crippen molar-refractivity contribution in [1.29, 1.82) is 0 Å². The minimum Gasteiger partial charge on any atom is -0.346 e. The number of aromatic nitrogens is 2. The van der Waals surface area contributed by atoms with Gasteiger partial charge in [-0.1, -0.05) is 6.07 Å². The highest BCUT2D eigenvalue weighted by Gasteiger charge is 2.00. The van der Waals surface area contributed by atoms with Crippen molar-refractivity contribution in [2.24, 2.45) is 0 Å². The number of hydrogen-bond acceptors (Lipinski definition) is 4. The number of rotatable bonds is 4. The lowest BCUT2D eigenvalue weighted by molar-refractivity contribution is -0.116. The van der Waals surface area contributed by atoms with Gasteiger partial charge in [-0.2, -0.15) is 0 Å². The standard InChI is InChI=1S/C13H13N3OS/c1-10-9-18-13(16-10)8-15-12(17)5-4-11-3-2-6-14-7-11/h2-7,9H,8H2,1H3,(H,15,17)/b5-4+. The highest BCUT2D eigenvalue weighted by molar-refractivity contribution is 7.09. The van der Waals surface area contributed by atoms with Crippen LogP contribution in [0.15, 0.2) is 36.0 Å². The van der Waals surface area contributed by atoms with Crippen LogP contribution in [0, 0.1) is 6.92 Å². The van der Waals surface area contributed by atoms with Gasteiger partial charge >= 0.3 is 0 Å². The van der Waals surface area contributed by atoms with E-state index in [1.54, 1.807) is 29.8 Å². The molecule has 1 amide bonds. The Labute approximate surface area is 109 Å². The molecule has 0 aliphatic rings. The van der Waals surface area contributed by atoms with Crippen LogP contribution in [0.4, 0.5) is 0 Å². The van der Waals surface area contributed by atoms with E-state index in [0.29, 0.717) is 6.54 Å². The van der Waals surface area contributed by atoms with E-state index in [9.17, 15) is 4.79 Å². The molecule has 0 atom stereocenters. The fourth-order valence-electron chi connectivity index (χ4n) is 1.35. The number of carbonyl (C=O) groups is 1. The van der Waals surface area contributed by atoms with Crippen LogP contribution in [0.2, 0.25) is 0 Å². The molecule has 0 bridgehead atoms. The molecule has 2 heterocycles. The van der Waals surface area contributed by atoms with E-state index in [0.717, 1.165) is 16.3 Å². The Kier molecular flexibility index (Phi) is 4.20. The molecule has 0 radical (unpaired) electrons. The molecule has 0 saturated carbocycles.